The molecule has 0 unspecified atom stereocenters. The van der Waals surface area contributed by atoms with Crippen LogP contribution in [0.1, 0.15) is 70.1 Å². The predicted molar refractivity (Wildman–Crippen MR) is 109 cm³/mol. The standard InChI is InChI=1S/C22H31NS/c1-15(2)21-20(14-19(24-21)12-13-22(5,6)7)23-17(4)18-10-8-16(3)9-11-18/h14,16,18,23H,1,4,8-11H2,2-3,5-7H3. The van der Waals surface area contributed by atoms with Crippen molar-refractivity contribution in [3.63, 3.8) is 0 Å². The van der Waals surface area contributed by atoms with E-state index in [0.29, 0.717) is 5.92 Å². The van der Waals surface area contributed by atoms with E-state index in [2.05, 4.69) is 71.0 Å². The van der Waals surface area contributed by atoms with Crippen LogP contribution in [0.15, 0.2) is 24.9 Å². The van der Waals surface area contributed by atoms with Crippen LogP contribution < -0.4 is 5.32 Å². The van der Waals surface area contributed by atoms with Crippen LogP contribution in [0, 0.1) is 29.1 Å². The van der Waals surface area contributed by atoms with Crippen molar-refractivity contribution in [3.8, 4) is 11.8 Å². The number of hydrogen-bond donors (Lipinski definition) is 1. The highest BCUT2D eigenvalue weighted by molar-refractivity contribution is 7.14. The second-order valence-corrected chi connectivity index (χ2v) is 9.29. The van der Waals surface area contributed by atoms with Crippen molar-refractivity contribution in [2.45, 2.75) is 60.3 Å². The Bertz CT molecular complexity index is 667. The lowest BCUT2D eigenvalue weighted by Crippen LogP contribution is -2.17. The molecule has 2 rings (SSSR count). The maximum absolute atomic E-state index is 4.32. The first kappa shape index (κ1) is 18.9. The largest absolute Gasteiger partial charge is 0.358 e. The Morgan fingerprint density at radius 2 is 1.83 bits per heavy atom. The smallest absolute Gasteiger partial charge is 0.0796 e. The third kappa shape index (κ3) is 5.28. The molecule has 1 aromatic heterocycles. The zero-order valence-corrected chi connectivity index (χ0v) is 16.7. The summed E-state index contributed by atoms with van der Waals surface area (Å²) in [4.78, 5) is 2.29. The van der Waals surface area contributed by atoms with Gasteiger partial charge < -0.3 is 5.32 Å². The molecule has 1 saturated carbocycles. The van der Waals surface area contributed by atoms with Gasteiger partial charge in [-0.05, 0) is 64.0 Å². The second kappa shape index (κ2) is 7.62. The minimum atomic E-state index is 0.0172. The number of hydrogen-bond acceptors (Lipinski definition) is 2. The zero-order chi connectivity index (χ0) is 17.9. The Balaban J connectivity index is 2.16. The molecular formula is C22H31NS. The van der Waals surface area contributed by atoms with Crippen molar-refractivity contribution in [2.75, 3.05) is 5.32 Å². The van der Waals surface area contributed by atoms with Crippen molar-refractivity contribution in [1.29, 1.82) is 0 Å². The Morgan fingerprint density at radius 1 is 1.21 bits per heavy atom. The Morgan fingerprint density at radius 3 is 2.38 bits per heavy atom. The number of rotatable bonds is 4. The van der Waals surface area contributed by atoms with Gasteiger partial charge in [-0.25, -0.2) is 0 Å². The van der Waals surface area contributed by atoms with Gasteiger partial charge in [0, 0.05) is 11.1 Å². The van der Waals surface area contributed by atoms with Crippen LogP contribution in [-0.2, 0) is 0 Å². The van der Waals surface area contributed by atoms with Gasteiger partial charge in [0.05, 0.1) is 15.4 Å². The number of allylic oxidation sites excluding steroid dienone is 2. The van der Waals surface area contributed by atoms with Gasteiger partial charge in [0.2, 0.25) is 0 Å². The first-order chi connectivity index (χ1) is 11.2. The van der Waals surface area contributed by atoms with E-state index in [4.69, 9.17) is 0 Å². The van der Waals surface area contributed by atoms with Gasteiger partial charge in [-0.15, -0.1) is 11.3 Å². The maximum Gasteiger partial charge on any atom is 0.0796 e. The zero-order valence-electron chi connectivity index (χ0n) is 15.9. The van der Waals surface area contributed by atoms with Crippen LogP contribution in [0.25, 0.3) is 5.57 Å². The molecule has 1 fully saturated rings. The van der Waals surface area contributed by atoms with Crippen LogP contribution in [0.4, 0.5) is 5.69 Å². The highest BCUT2D eigenvalue weighted by atomic mass is 32.1. The monoisotopic (exact) mass is 341 g/mol. The minimum absolute atomic E-state index is 0.0172. The summed E-state index contributed by atoms with van der Waals surface area (Å²) < 4.78 is 0. The van der Waals surface area contributed by atoms with Crippen LogP contribution in [0.3, 0.4) is 0 Å². The summed E-state index contributed by atoms with van der Waals surface area (Å²) in [7, 11) is 0. The molecule has 2 heteroatoms. The van der Waals surface area contributed by atoms with Crippen molar-refractivity contribution in [1.82, 2.24) is 0 Å². The first-order valence-electron chi connectivity index (χ1n) is 8.94. The average molecular weight is 342 g/mol. The van der Waals surface area contributed by atoms with Crippen molar-refractivity contribution in [2.24, 2.45) is 17.3 Å². The highest BCUT2D eigenvalue weighted by Gasteiger charge is 2.21. The SMILES string of the molecule is C=C(C)c1sc(C#CC(C)(C)C)cc1NC(=C)C1CCC(C)CC1. The van der Waals surface area contributed by atoms with Gasteiger partial charge in [0.15, 0.2) is 0 Å². The molecule has 0 aliphatic heterocycles. The summed E-state index contributed by atoms with van der Waals surface area (Å²) in [5, 5.41) is 3.58. The number of thiophene rings is 1. The van der Waals surface area contributed by atoms with Gasteiger partial charge in [0.1, 0.15) is 0 Å². The van der Waals surface area contributed by atoms with E-state index < -0.39 is 0 Å². The summed E-state index contributed by atoms with van der Waals surface area (Å²) in [5.41, 5.74) is 3.37. The number of nitrogens with one attached hydrogen (secondary N) is 1. The summed E-state index contributed by atoms with van der Waals surface area (Å²) in [6.07, 6.45) is 5.11. The van der Waals surface area contributed by atoms with E-state index in [-0.39, 0.29) is 5.41 Å². The second-order valence-electron chi connectivity index (χ2n) is 8.24. The van der Waals surface area contributed by atoms with E-state index >= 15 is 0 Å². The third-order valence-corrected chi connectivity index (χ3v) is 5.70. The molecule has 0 amide bonds. The molecule has 0 saturated heterocycles. The van der Waals surface area contributed by atoms with Crippen LogP contribution in [-0.4, -0.2) is 0 Å². The molecule has 0 spiro atoms. The molecule has 1 aromatic rings. The van der Waals surface area contributed by atoms with Gasteiger partial charge in [-0.1, -0.05) is 44.8 Å². The third-order valence-electron chi connectivity index (χ3n) is 4.48. The lowest BCUT2D eigenvalue weighted by Gasteiger charge is -2.28. The van der Waals surface area contributed by atoms with Crippen molar-refractivity contribution in [3.05, 3.63) is 34.7 Å². The minimum Gasteiger partial charge on any atom is -0.358 e. The average Bonchev–Trinajstić information content (AvgIpc) is 2.88. The fraction of sp³-hybridized carbons (Fsp3) is 0.545. The van der Waals surface area contributed by atoms with E-state index in [1.54, 1.807) is 11.3 Å². The predicted octanol–water partition coefficient (Wildman–Crippen LogP) is 6.93. The molecule has 1 heterocycles. The molecule has 0 radical (unpaired) electrons. The summed E-state index contributed by atoms with van der Waals surface area (Å²) in [6.45, 7) is 19.3. The van der Waals surface area contributed by atoms with Crippen LogP contribution in [0.5, 0.6) is 0 Å². The van der Waals surface area contributed by atoms with Crippen molar-refractivity contribution >= 4 is 22.6 Å². The number of anilines is 1. The highest BCUT2D eigenvalue weighted by Crippen LogP contribution is 2.37. The maximum atomic E-state index is 4.32. The van der Waals surface area contributed by atoms with Gasteiger partial charge in [-0.2, -0.15) is 0 Å². The molecule has 1 aliphatic rings. The van der Waals surface area contributed by atoms with Crippen LogP contribution in [0.2, 0.25) is 0 Å². The van der Waals surface area contributed by atoms with E-state index in [0.717, 1.165) is 27.8 Å². The fourth-order valence-corrected chi connectivity index (χ4v) is 3.89. The van der Waals surface area contributed by atoms with E-state index in [1.807, 2.05) is 0 Å². The molecule has 1 aliphatic carbocycles. The lowest BCUT2D eigenvalue weighted by atomic mass is 9.81. The Kier molecular flexibility index (Phi) is 5.99. The van der Waals surface area contributed by atoms with Crippen molar-refractivity contribution < 1.29 is 0 Å². The molecule has 0 aromatic carbocycles. The molecule has 1 N–H and O–H groups in total. The quantitative estimate of drug-likeness (QED) is 0.585. The summed E-state index contributed by atoms with van der Waals surface area (Å²) in [5.74, 6) is 8.08. The summed E-state index contributed by atoms with van der Waals surface area (Å²) >= 11 is 1.72. The Labute approximate surface area is 152 Å². The van der Waals surface area contributed by atoms with E-state index in [9.17, 15) is 0 Å². The fourth-order valence-electron chi connectivity index (χ4n) is 3.00. The van der Waals surface area contributed by atoms with Gasteiger partial charge >= 0.3 is 0 Å². The molecule has 0 atom stereocenters. The molecule has 130 valence electrons. The first-order valence-corrected chi connectivity index (χ1v) is 9.76. The van der Waals surface area contributed by atoms with Gasteiger partial charge in [-0.3, -0.25) is 0 Å². The lowest BCUT2D eigenvalue weighted by molar-refractivity contribution is 0.322. The normalized spacial score (nSPS) is 20.9. The van der Waals surface area contributed by atoms with Gasteiger partial charge in [0.25, 0.3) is 0 Å². The molecule has 24 heavy (non-hydrogen) atoms. The van der Waals surface area contributed by atoms with E-state index in [1.165, 1.54) is 30.6 Å². The summed E-state index contributed by atoms with van der Waals surface area (Å²) in [6, 6.07) is 2.16. The molecule has 0 bridgehead atoms. The molecule has 1 nitrogen and oxygen atoms in total. The topological polar surface area (TPSA) is 12.0 Å². The Hall–Kier alpha value is -1.46. The van der Waals surface area contributed by atoms with Crippen LogP contribution >= 0.6 is 11.3 Å². The molecular weight excluding hydrogens is 310 g/mol.